The van der Waals surface area contributed by atoms with E-state index in [1.54, 1.807) is 31.2 Å². The molecule has 0 aliphatic carbocycles. The zero-order chi connectivity index (χ0) is 32.4. The Labute approximate surface area is 255 Å². The number of nitrogens with one attached hydrogen (secondary N) is 4. The summed E-state index contributed by atoms with van der Waals surface area (Å²) >= 11 is 1.02. The fraction of sp³-hybridized carbons (Fsp3) is 0.417. The number of aryl methyl sites for hydroxylation is 1. The molecule has 2 amide bonds. The number of aliphatic carboxylic acids is 1. The Morgan fingerprint density at radius 1 is 1.30 bits per heavy atom. The third-order valence-corrected chi connectivity index (χ3v) is 7.73. The molecule has 20 heteroatoms. The number of anilines is 1. The zero-order valence-electron chi connectivity index (χ0n) is 23.6. The van der Waals surface area contributed by atoms with Crippen molar-refractivity contribution in [2.24, 2.45) is 5.16 Å². The summed E-state index contributed by atoms with van der Waals surface area (Å²) in [6.45, 7) is 5.31. The summed E-state index contributed by atoms with van der Waals surface area (Å²) in [5.74, 6) is -2.96. The maximum Gasteiger partial charge on any atom is 0.418 e. The van der Waals surface area contributed by atoms with Crippen molar-refractivity contribution < 1.29 is 46.3 Å². The number of hydroxylamine groups is 2. The van der Waals surface area contributed by atoms with Gasteiger partial charge in [-0.15, -0.1) is 15.6 Å². The van der Waals surface area contributed by atoms with Gasteiger partial charge in [-0.3, -0.25) is 19.6 Å². The van der Waals surface area contributed by atoms with E-state index < -0.39 is 58.2 Å². The van der Waals surface area contributed by atoms with Crippen LogP contribution in [0.4, 0.5) is 5.13 Å². The first-order valence-electron chi connectivity index (χ1n) is 12.9. The molecule has 238 valence electrons. The molecule has 2 saturated heterocycles. The van der Waals surface area contributed by atoms with Crippen molar-refractivity contribution >= 4 is 56.2 Å². The van der Waals surface area contributed by atoms with Crippen molar-refractivity contribution in [1.29, 1.82) is 5.41 Å². The standard InChI is InChI=1S/C24H30N8O10S2/c1-11-16(29-23(26)43-11)17(20(33)30-18-21(34)32(24(18,2)3)42-44(37,38)39)31-41-15(22(35)36)10-40-14-6-4-12(5-7-14)19(25)28-13-8-27-9-13/h4-7,13,15,18,27H,8-10H2,1-3H3,(H2,25,28)(H2,26,29)(H,30,33)(H,35,36)(H,37,38,39). The van der Waals surface area contributed by atoms with Gasteiger partial charge in [-0.25, -0.2) is 9.78 Å². The number of nitrogen functional groups attached to an aromatic ring is 1. The summed E-state index contributed by atoms with van der Waals surface area (Å²) in [6, 6.07) is 5.22. The van der Waals surface area contributed by atoms with Gasteiger partial charge in [0, 0.05) is 23.5 Å². The van der Waals surface area contributed by atoms with Gasteiger partial charge in [0.2, 0.25) is 0 Å². The number of hydrogen-bond donors (Lipinski definition) is 7. The van der Waals surface area contributed by atoms with Gasteiger partial charge in [0.25, 0.3) is 17.9 Å². The maximum atomic E-state index is 13.3. The number of ether oxygens (including phenoxy) is 1. The van der Waals surface area contributed by atoms with Crippen molar-refractivity contribution in [3.05, 3.63) is 40.4 Å². The monoisotopic (exact) mass is 654 g/mol. The summed E-state index contributed by atoms with van der Waals surface area (Å²) < 4.78 is 40.9. The number of oxime groups is 1. The van der Waals surface area contributed by atoms with Crippen LogP contribution in [0, 0.1) is 12.3 Å². The van der Waals surface area contributed by atoms with E-state index in [2.05, 4.69) is 30.4 Å². The number of carbonyl (C=O) groups excluding carboxylic acids is 2. The summed E-state index contributed by atoms with van der Waals surface area (Å²) in [5, 5.41) is 30.6. The second-order valence-corrected chi connectivity index (χ2v) is 12.5. The lowest BCUT2D eigenvalue weighted by Gasteiger charge is -2.50. The van der Waals surface area contributed by atoms with Crippen LogP contribution in [0.3, 0.4) is 0 Å². The molecular weight excluding hydrogens is 624 g/mol. The van der Waals surface area contributed by atoms with Gasteiger partial charge in [0.15, 0.2) is 10.8 Å². The first-order chi connectivity index (χ1) is 20.6. The molecule has 2 unspecified atom stereocenters. The molecule has 44 heavy (non-hydrogen) atoms. The van der Waals surface area contributed by atoms with Gasteiger partial charge >= 0.3 is 16.4 Å². The molecule has 3 heterocycles. The molecule has 1 aromatic carbocycles. The van der Waals surface area contributed by atoms with E-state index in [4.69, 9.17) is 25.3 Å². The zero-order valence-corrected chi connectivity index (χ0v) is 25.2. The van der Waals surface area contributed by atoms with Crippen LogP contribution in [0.2, 0.25) is 0 Å². The highest BCUT2D eigenvalue weighted by atomic mass is 32.3. The van der Waals surface area contributed by atoms with Crippen LogP contribution in [-0.4, -0.2) is 101 Å². The van der Waals surface area contributed by atoms with Crippen molar-refractivity contribution in [3.63, 3.8) is 0 Å². The number of carboxylic acid groups (broad SMARTS) is 1. The number of aromatic nitrogens is 1. The normalized spacial score (nSPS) is 18.9. The molecule has 18 nitrogen and oxygen atoms in total. The lowest BCUT2D eigenvalue weighted by atomic mass is 9.84. The summed E-state index contributed by atoms with van der Waals surface area (Å²) in [5.41, 5.74) is 4.38. The van der Waals surface area contributed by atoms with Crippen molar-refractivity contribution in [3.8, 4) is 5.75 Å². The Morgan fingerprint density at radius 2 is 1.95 bits per heavy atom. The van der Waals surface area contributed by atoms with Crippen LogP contribution >= 0.6 is 11.3 Å². The highest BCUT2D eigenvalue weighted by Crippen LogP contribution is 2.33. The number of carbonyl (C=O) groups is 3. The Kier molecular flexibility index (Phi) is 9.39. The highest BCUT2D eigenvalue weighted by molar-refractivity contribution is 7.80. The summed E-state index contributed by atoms with van der Waals surface area (Å²) in [7, 11) is -5.02. The van der Waals surface area contributed by atoms with Crippen molar-refractivity contribution in [2.45, 2.75) is 44.5 Å². The predicted octanol–water partition coefficient (Wildman–Crippen LogP) is -0.987. The highest BCUT2D eigenvalue weighted by Gasteiger charge is 2.58. The van der Waals surface area contributed by atoms with Crippen LogP contribution in [0.25, 0.3) is 0 Å². The number of carboxylic acids is 1. The number of hydrogen-bond acceptors (Lipinski definition) is 14. The molecule has 2 atom stereocenters. The number of nitrogens with two attached hydrogens (primary N) is 1. The maximum absolute atomic E-state index is 13.3. The van der Waals surface area contributed by atoms with Gasteiger partial charge in [0.1, 0.15) is 29.9 Å². The third-order valence-electron chi connectivity index (χ3n) is 6.59. The van der Waals surface area contributed by atoms with Gasteiger partial charge < -0.3 is 36.4 Å². The Balaban J connectivity index is 1.46. The Bertz CT molecular complexity index is 1590. The molecule has 1 aromatic heterocycles. The van der Waals surface area contributed by atoms with Crippen LogP contribution in [0.5, 0.6) is 5.75 Å². The van der Waals surface area contributed by atoms with Crippen LogP contribution in [0.1, 0.15) is 30.0 Å². The van der Waals surface area contributed by atoms with Gasteiger partial charge in [0.05, 0.1) is 11.6 Å². The fourth-order valence-electron chi connectivity index (χ4n) is 4.08. The molecule has 2 aliphatic heterocycles. The molecule has 0 saturated carbocycles. The number of nitrogens with zero attached hydrogens (tertiary/aromatic N) is 3. The van der Waals surface area contributed by atoms with E-state index in [0.717, 1.165) is 24.4 Å². The third kappa shape index (κ3) is 7.39. The first-order valence-corrected chi connectivity index (χ1v) is 15.1. The number of benzene rings is 1. The quantitative estimate of drug-likeness (QED) is 0.0450. The minimum atomic E-state index is -5.02. The average molecular weight is 655 g/mol. The van der Waals surface area contributed by atoms with Crippen molar-refractivity contribution in [2.75, 3.05) is 25.4 Å². The average Bonchev–Trinajstić information content (AvgIpc) is 3.26. The smallest absolute Gasteiger partial charge is 0.418 e. The molecule has 2 aliphatic rings. The lowest BCUT2D eigenvalue weighted by molar-refractivity contribution is -0.218. The van der Waals surface area contributed by atoms with Gasteiger partial charge in [-0.1, -0.05) is 5.16 Å². The molecule has 0 bridgehead atoms. The second-order valence-electron chi connectivity index (χ2n) is 10.2. The minimum Gasteiger partial charge on any atom is -0.489 e. The molecular formula is C24H30N8O10S2. The van der Waals surface area contributed by atoms with E-state index in [9.17, 15) is 27.9 Å². The van der Waals surface area contributed by atoms with Crippen LogP contribution in [0.15, 0.2) is 29.4 Å². The van der Waals surface area contributed by atoms with Gasteiger partial charge in [-0.2, -0.15) is 13.5 Å². The van der Waals surface area contributed by atoms with E-state index in [-0.39, 0.29) is 28.5 Å². The van der Waals surface area contributed by atoms with E-state index in [1.165, 1.54) is 13.8 Å². The van der Waals surface area contributed by atoms with Crippen molar-refractivity contribution in [1.82, 2.24) is 26.0 Å². The van der Waals surface area contributed by atoms with E-state index in [0.29, 0.717) is 15.5 Å². The largest absolute Gasteiger partial charge is 0.489 e. The lowest BCUT2D eigenvalue weighted by Crippen LogP contribution is -2.76. The molecule has 4 rings (SSSR count). The number of amidine groups is 1. The molecule has 0 radical (unpaired) electrons. The Hall–Kier alpha value is -4.37. The van der Waals surface area contributed by atoms with Gasteiger partial charge in [-0.05, 0) is 45.0 Å². The van der Waals surface area contributed by atoms with Crippen LogP contribution < -0.4 is 26.4 Å². The topological polar surface area (TPSA) is 268 Å². The summed E-state index contributed by atoms with van der Waals surface area (Å²) in [4.78, 5) is 47.4. The molecule has 2 fully saturated rings. The second kappa shape index (κ2) is 12.7. The minimum absolute atomic E-state index is 0.0463. The SMILES string of the molecule is Cc1sc(N)nc1C(=NOC(COc1ccc(C(=N)NC2CNC2)cc1)C(=O)O)C(=O)NC1C(=O)N(OS(=O)(=O)O)C1(C)C. The number of amides is 2. The van der Waals surface area contributed by atoms with E-state index >= 15 is 0 Å². The predicted molar refractivity (Wildman–Crippen MR) is 154 cm³/mol. The molecule has 8 N–H and O–H groups in total. The molecule has 0 spiro atoms. The fourth-order valence-corrected chi connectivity index (χ4v) is 5.22. The summed E-state index contributed by atoms with van der Waals surface area (Å²) in [6.07, 6.45) is -1.69. The Morgan fingerprint density at radius 3 is 2.45 bits per heavy atom. The van der Waals surface area contributed by atoms with E-state index in [1.807, 2.05) is 0 Å². The molecule has 2 aromatic rings. The number of thiazole rings is 1. The number of rotatable bonds is 13. The number of β-lactam (4-membered cyclic amide) rings is 1. The van der Waals surface area contributed by atoms with Crippen LogP contribution in [-0.2, 0) is 33.9 Å². The first kappa shape index (κ1) is 32.5.